The normalized spacial score (nSPS) is 12.8. The minimum absolute atomic E-state index is 0.0966. The van der Waals surface area contributed by atoms with Gasteiger partial charge in [0.05, 0.1) is 6.61 Å². The second-order valence-electron chi connectivity index (χ2n) is 3.71. The zero-order valence-electron chi connectivity index (χ0n) is 9.16. The smallest absolute Gasteiger partial charge is 0.137 e. The molecule has 1 unspecified atom stereocenters. The molecule has 0 bridgehead atoms. The molecule has 0 saturated carbocycles. The van der Waals surface area contributed by atoms with Gasteiger partial charge in [-0.05, 0) is 17.5 Å². The molecule has 0 spiro atoms. The Morgan fingerprint density at radius 3 is 2.80 bits per heavy atom. The molecule has 1 aromatic rings. The standard InChI is InChI=1S/C12H17FOS/c1-3-9(2)8-15-12-10(7-14)5-4-6-11(12)13/h4-6,9,14H,3,7-8H2,1-2H3. The van der Waals surface area contributed by atoms with Crippen LogP contribution >= 0.6 is 11.8 Å². The first-order chi connectivity index (χ1) is 7.19. The highest BCUT2D eigenvalue weighted by molar-refractivity contribution is 7.99. The lowest BCUT2D eigenvalue weighted by Gasteiger charge is -2.11. The van der Waals surface area contributed by atoms with E-state index in [-0.39, 0.29) is 12.4 Å². The van der Waals surface area contributed by atoms with Crippen molar-refractivity contribution in [2.75, 3.05) is 5.75 Å². The number of thioether (sulfide) groups is 1. The molecule has 0 fully saturated rings. The second-order valence-corrected chi connectivity index (χ2v) is 4.74. The number of aliphatic hydroxyl groups excluding tert-OH is 1. The van der Waals surface area contributed by atoms with Gasteiger partial charge in [-0.2, -0.15) is 0 Å². The van der Waals surface area contributed by atoms with Gasteiger partial charge in [0.2, 0.25) is 0 Å². The molecule has 0 aliphatic rings. The maximum absolute atomic E-state index is 13.5. The van der Waals surface area contributed by atoms with E-state index in [1.807, 2.05) is 0 Å². The average Bonchev–Trinajstić information content (AvgIpc) is 2.26. The quantitative estimate of drug-likeness (QED) is 0.779. The average molecular weight is 228 g/mol. The zero-order valence-corrected chi connectivity index (χ0v) is 9.98. The van der Waals surface area contributed by atoms with Crippen molar-refractivity contribution in [2.45, 2.75) is 31.8 Å². The fourth-order valence-corrected chi connectivity index (χ4v) is 2.39. The van der Waals surface area contributed by atoms with Gasteiger partial charge in [0, 0.05) is 10.6 Å². The number of hydrogen-bond acceptors (Lipinski definition) is 2. The van der Waals surface area contributed by atoms with Crippen LogP contribution in [0.1, 0.15) is 25.8 Å². The predicted molar refractivity (Wildman–Crippen MR) is 62.5 cm³/mol. The number of hydrogen-bond donors (Lipinski definition) is 1. The fraction of sp³-hybridized carbons (Fsp3) is 0.500. The molecule has 1 rings (SSSR count). The molecule has 84 valence electrons. The first kappa shape index (κ1) is 12.5. The number of benzene rings is 1. The Bertz CT molecular complexity index is 314. The van der Waals surface area contributed by atoms with Crippen LogP contribution in [0.15, 0.2) is 23.1 Å². The summed E-state index contributed by atoms with van der Waals surface area (Å²) in [5.41, 5.74) is 0.684. The molecule has 1 aromatic carbocycles. The van der Waals surface area contributed by atoms with Gasteiger partial charge in [-0.15, -0.1) is 11.8 Å². The monoisotopic (exact) mass is 228 g/mol. The van der Waals surface area contributed by atoms with Crippen molar-refractivity contribution in [2.24, 2.45) is 5.92 Å². The molecule has 0 aromatic heterocycles. The predicted octanol–water partition coefficient (Wildman–Crippen LogP) is 3.46. The SMILES string of the molecule is CCC(C)CSc1c(F)cccc1CO. The van der Waals surface area contributed by atoms with Crippen LogP contribution in [0.4, 0.5) is 4.39 Å². The Morgan fingerprint density at radius 1 is 1.47 bits per heavy atom. The van der Waals surface area contributed by atoms with Crippen LogP contribution in [-0.2, 0) is 6.61 Å². The Kier molecular flexibility index (Phi) is 5.12. The van der Waals surface area contributed by atoms with E-state index >= 15 is 0 Å². The van der Waals surface area contributed by atoms with Gasteiger partial charge in [-0.25, -0.2) is 4.39 Å². The summed E-state index contributed by atoms with van der Waals surface area (Å²) in [6.07, 6.45) is 1.09. The number of halogens is 1. The van der Waals surface area contributed by atoms with Crippen molar-refractivity contribution in [1.29, 1.82) is 0 Å². The van der Waals surface area contributed by atoms with Gasteiger partial charge in [-0.1, -0.05) is 32.4 Å². The molecule has 1 N–H and O–H groups in total. The third-order valence-electron chi connectivity index (χ3n) is 2.43. The van der Waals surface area contributed by atoms with Gasteiger partial charge in [-0.3, -0.25) is 0 Å². The molecule has 0 saturated heterocycles. The van der Waals surface area contributed by atoms with Gasteiger partial charge in [0.1, 0.15) is 5.82 Å². The Hall–Kier alpha value is -0.540. The van der Waals surface area contributed by atoms with Crippen LogP contribution in [-0.4, -0.2) is 10.9 Å². The maximum Gasteiger partial charge on any atom is 0.137 e. The lowest BCUT2D eigenvalue weighted by molar-refractivity contribution is 0.277. The molecule has 0 radical (unpaired) electrons. The molecule has 0 heterocycles. The molecule has 1 atom stereocenters. The second kappa shape index (κ2) is 6.13. The van der Waals surface area contributed by atoms with Crippen molar-refractivity contribution in [1.82, 2.24) is 0 Å². The molecule has 1 nitrogen and oxygen atoms in total. The molecule has 3 heteroatoms. The highest BCUT2D eigenvalue weighted by Gasteiger charge is 2.09. The minimum atomic E-state index is -0.227. The summed E-state index contributed by atoms with van der Waals surface area (Å²) >= 11 is 1.50. The van der Waals surface area contributed by atoms with Gasteiger partial charge >= 0.3 is 0 Å². The maximum atomic E-state index is 13.5. The fourth-order valence-electron chi connectivity index (χ4n) is 1.18. The van der Waals surface area contributed by atoms with Crippen LogP contribution < -0.4 is 0 Å². The van der Waals surface area contributed by atoms with Crippen molar-refractivity contribution < 1.29 is 9.50 Å². The summed E-state index contributed by atoms with van der Waals surface area (Å²) in [4.78, 5) is 0.598. The van der Waals surface area contributed by atoms with E-state index in [9.17, 15) is 4.39 Å². The van der Waals surface area contributed by atoms with E-state index in [1.165, 1.54) is 17.8 Å². The Morgan fingerprint density at radius 2 is 2.20 bits per heavy atom. The van der Waals surface area contributed by atoms with E-state index in [4.69, 9.17) is 5.11 Å². The third kappa shape index (κ3) is 3.50. The topological polar surface area (TPSA) is 20.2 Å². The molecule has 0 aliphatic heterocycles. The van der Waals surface area contributed by atoms with Crippen LogP contribution in [0, 0.1) is 11.7 Å². The van der Waals surface area contributed by atoms with E-state index < -0.39 is 0 Å². The molecule has 15 heavy (non-hydrogen) atoms. The summed E-state index contributed by atoms with van der Waals surface area (Å²) in [6.45, 7) is 4.17. The Balaban J connectivity index is 2.74. The van der Waals surface area contributed by atoms with Crippen LogP contribution in [0.2, 0.25) is 0 Å². The lowest BCUT2D eigenvalue weighted by Crippen LogP contribution is -1.98. The highest BCUT2D eigenvalue weighted by Crippen LogP contribution is 2.28. The number of rotatable bonds is 5. The van der Waals surface area contributed by atoms with Crippen LogP contribution in [0.3, 0.4) is 0 Å². The summed E-state index contributed by atoms with van der Waals surface area (Å²) in [7, 11) is 0. The van der Waals surface area contributed by atoms with Crippen molar-refractivity contribution in [3.05, 3.63) is 29.6 Å². The summed E-state index contributed by atoms with van der Waals surface area (Å²) in [5, 5.41) is 9.09. The van der Waals surface area contributed by atoms with E-state index in [0.29, 0.717) is 16.4 Å². The summed E-state index contributed by atoms with van der Waals surface area (Å²) in [5.74, 6) is 1.24. The number of aliphatic hydroxyl groups is 1. The largest absolute Gasteiger partial charge is 0.392 e. The van der Waals surface area contributed by atoms with Crippen molar-refractivity contribution in [3.8, 4) is 0 Å². The van der Waals surface area contributed by atoms with E-state index in [2.05, 4.69) is 13.8 Å². The highest BCUT2D eigenvalue weighted by atomic mass is 32.2. The lowest BCUT2D eigenvalue weighted by atomic mass is 10.2. The third-order valence-corrected chi connectivity index (χ3v) is 3.91. The van der Waals surface area contributed by atoms with Crippen molar-refractivity contribution in [3.63, 3.8) is 0 Å². The summed E-state index contributed by atoms with van der Waals surface area (Å²) in [6, 6.07) is 4.84. The first-order valence-electron chi connectivity index (χ1n) is 5.20. The Labute approximate surface area is 94.7 Å². The van der Waals surface area contributed by atoms with Gasteiger partial charge in [0.15, 0.2) is 0 Å². The first-order valence-corrected chi connectivity index (χ1v) is 6.18. The van der Waals surface area contributed by atoms with Crippen LogP contribution in [0.25, 0.3) is 0 Å². The van der Waals surface area contributed by atoms with E-state index in [0.717, 1.165) is 12.2 Å². The van der Waals surface area contributed by atoms with Crippen LogP contribution in [0.5, 0.6) is 0 Å². The van der Waals surface area contributed by atoms with Gasteiger partial charge < -0.3 is 5.11 Å². The molecular weight excluding hydrogens is 211 g/mol. The summed E-state index contributed by atoms with van der Waals surface area (Å²) < 4.78 is 13.5. The zero-order chi connectivity index (χ0) is 11.3. The van der Waals surface area contributed by atoms with E-state index in [1.54, 1.807) is 12.1 Å². The van der Waals surface area contributed by atoms with Gasteiger partial charge in [0.25, 0.3) is 0 Å². The molecule has 0 aliphatic carbocycles. The van der Waals surface area contributed by atoms with Crippen molar-refractivity contribution >= 4 is 11.8 Å². The minimum Gasteiger partial charge on any atom is -0.392 e. The molecule has 0 amide bonds. The molecular formula is C12H17FOS.